The predicted octanol–water partition coefficient (Wildman–Crippen LogP) is 0.303. The van der Waals surface area contributed by atoms with Gasteiger partial charge in [-0.25, -0.2) is 0 Å². The van der Waals surface area contributed by atoms with E-state index in [-0.39, 0.29) is 18.4 Å². The lowest BCUT2D eigenvalue weighted by molar-refractivity contribution is -0.135. The Hall–Kier alpha value is -1.54. The number of nitrogens with zero attached hydrogens (tertiary/aromatic N) is 4. The lowest BCUT2D eigenvalue weighted by atomic mass is 9.89. The van der Waals surface area contributed by atoms with E-state index in [0.29, 0.717) is 25.6 Å². The largest absolute Gasteiger partial charge is 0.396 e. The monoisotopic (exact) mass is 376 g/mol. The number of piperidine rings is 1. The second-order valence-electron chi connectivity index (χ2n) is 7.90. The summed E-state index contributed by atoms with van der Waals surface area (Å²) in [4.78, 5) is 23.4. The summed E-state index contributed by atoms with van der Waals surface area (Å²) < 4.78 is 5.43. The number of aromatic nitrogens is 1. The van der Waals surface area contributed by atoms with E-state index in [1.54, 1.807) is 6.20 Å². The number of amides is 1. The van der Waals surface area contributed by atoms with Crippen molar-refractivity contribution in [1.82, 2.24) is 19.7 Å². The molecule has 3 heterocycles. The average molecular weight is 377 g/mol. The van der Waals surface area contributed by atoms with Crippen molar-refractivity contribution in [2.24, 2.45) is 11.8 Å². The van der Waals surface area contributed by atoms with Gasteiger partial charge in [-0.1, -0.05) is 6.07 Å². The molecule has 2 aliphatic rings. The Morgan fingerprint density at radius 2 is 2.11 bits per heavy atom. The Bertz CT molecular complexity index is 580. The second-order valence-corrected chi connectivity index (χ2v) is 7.90. The Balaban J connectivity index is 1.52. The van der Waals surface area contributed by atoms with Crippen LogP contribution in [0.3, 0.4) is 0 Å². The summed E-state index contributed by atoms with van der Waals surface area (Å²) in [5, 5.41) is 9.70. The summed E-state index contributed by atoms with van der Waals surface area (Å²) in [6.45, 7) is 7.17. The van der Waals surface area contributed by atoms with Gasteiger partial charge in [-0.2, -0.15) is 0 Å². The van der Waals surface area contributed by atoms with Gasteiger partial charge in [0, 0.05) is 58.3 Å². The van der Waals surface area contributed by atoms with Gasteiger partial charge < -0.3 is 14.7 Å². The summed E-state index contributed by atoms with van der Waals surface area (Å²) in [7, 11) is 1.96. The van der Waals surface area contributed by atoms with Crippen LogP contribution in [0.25, 0.3) is 0 Å². The number of pyridine rings is 1. The highest BCUT2D eigenvalue weighted by molar-refractivity contribution is 5.78. The number of likely N-dealkylation sites (tertiary alicyclic amines) is 1. The molecule has 0 aromatic carbocycles. The number of carbonyl (C=O) groups excluding carboxylic acids is 1. The molecule has 0 unspecified atom stereocenters. The van der Waals surface area contributed by atoms with Crippen LogP contribution >= 0.6 is 0 Å². The molecule has 2 aliphatic heterocycles. The van der Waals surface area contributed by atoms with Gasteiger partial charge >= 0.3 is 0 Å². The highest BCUT2D eigenvalue weighted by atomic mass is 16.5. The van der Waals surface area contributed by atoms with E-state index in [0.717, 1.165) is 51.4 Å². The maximum Gasteiger partial charge on any atom is 0.236 e. The zero-order chi connectivity index (χ0) is 19.1. The molecule has 0 radical (unpaired) electrons. The number of likely N-dealkylation sites (N-methyl/N-ethyl adjacent to an activating group) is 1. The number of carbonyl (C=O) groups is 1. The summed E-state index contributed by atoms with van der Waals surface area (Å²) in [5.74, 6) is 0.741. The van der Waals surface area contributed by atoms with E-state index in [4.69, 9.17) is 4.74 Å². The fourth-order valence-electron chi connectivity index (χ4n) is 4.13. The van der Waals surface area contributed by atoms with E-state index in [1.807, 2.05) is 35.2 Å². The van der Waals surface area contributed by atoms with Crippen LogP contribution in [-0.4, -0.2) is 96.8 Å². The third-order valence-electron chi connectivity index (χ3n) is 5.44. The number of aliphatic hydroxyl groups excluding tert-OH is 1. The summed E-state index contributed by atoms with van der Waals surface area (Å²) in [5.41, 5.74) is 1.10. The lowest BCUT2D eigenvalue weighted by Gasteiger charge is -2.40. The van der Waals surface area contributed by atoms with Crippen LogP contribution in [0, 0.1) is 11.8 Å². The Morgan fingerprint density at radius 3 is 2.81 bits per heavy atom. The molecular weight excluding hydrogens is 344 g/mol. The highest BCUT2D eigenvalue weighted by Gasteiger charge is 2.31. The minimum atomic E-state index is 0.145. The van der Waals surface area contributed by atoms with Crippen LogP contribution in [0.2, 0.25) is 0 Å². The zero-order valence-corrected chi connectivity index (χ0v) is 16.3. The SMILES string of the molecule is CN(CC(=O)N1C[C@@H](CO)C[C@@H](CN2CCOCC2)C1)Cc1cccnc1. The first kappa shape index (κ1) is 20.2. The number of aliphatic hydroxyl groups is 1. The standard InChI is InChI=1S/C20H32N4O3/c1-22(11-17-3-2-4-21-10-17)15-20(26)24-13-18(9-19(14-24)16-25)12-23-5-7-27-8-6-23/h2-4,10,18-19,25H,5-9,11-16H2,1H3/t18-,19-/m0/s1. The summed E-state index contributed by atoms with van der Waals surface area (Å²) >= 11 is 0. The molecule has 0 aliphatic carbocycles. The van der Waals surface area contributed by atoms with Crippen molar-refractivity contribution >= 4 is 5.91 Å². The summed E-state index contributed by atoms with van der Waals surface area (Å²) in [6, 6.07) is 3.94. The fourth-order valence-corrected chi connectivity index (χ4v) is 4.13. The quantitative estimate of drug-likeness (QED) is 0.738. The van der Waals surface area contributed by atoms with Gasteiger partial charge in [-0.15, -0.1) is 0 Å². The normalized spacial score (nSPS) is 24.3. The third kappa shape index (κ3) is 6.24. The van der Waals surface area contributed by atoms with Crippen molar-refractivity contribution in [2.45, 2.75) is 13.0 Å². The number of morpholine rings is 1. The molecule has 7 heteroatoms. The van der Waals surface area contributed by atoms with Crippen LogP contribution in [0.15, 0.2) is 24.5 Å². The van der Waals surface area contributed by atoms with Crippen molar-refractivity contribution in [3.05, 3.63) is 30.1 Å². The topological polar surface area (TPSA) is 69.1 Å². The first-order valence-electron chi connectivity index (χ1n) is 9.90. The molecular formula is C20H32N4O3. The van der Waals surface area contributed by atoms with Crippen LogP contribution in [0.1, 0.15) is 12.0 Å². The molecule has 2 fully saturated rings. The van der Waals surface area contributed by atoms with E-state index in [2.05, 4.69) is 9.88 Å². The second kappa shape index (κ2) is 10.1. The number of hydrogen-bond donors (Lipinski definition) is 1. The van der Waals surface area contributed by atoms with Gasteiger partial charge in [0.05, 0.1) is 19.8 Å². The van der Waals surface area contributed by atoms with Crippen molar-refractivity contribution in [3.63, 3.8) is 0 Å². The Kier molecular flexibility index (Phi) is 7.58. The fraction of sp³-hybridized carbons (Fsp3) is 0.700. The van der Waals surface area contributed by atoms with Crippen LogP contribution < -0.4 is 0 Å². The van der Waals surface area contributed by atoms with Gasteiger partial charge in [0.25, 0.3) is 0 Å². The molecule has 1 aromatic heterocycles. The Morgan fingerprint density at radius 1 is 1.33 bits per heavy atom. The lowest BCUT2D eigenvalue weighted by Crippen LogP contribution is -2.51. The van der Waals surface area contributed by atoms with E-state index < -0.39 is 0 Å². The Labute approximate surface area is 161 Å². The van der Waals surface area contributed by atoms with Crippen molar-refractivity contribution in [2.75, 3.05) is 66.1 Å². The molecule has 7 nitrogen and oxygen atoms in total. The van der Waals surface area contributed by atoms with Gasteiger partial charge in [0.2, 0.25) is 5.91 Å². The maximum absolute atomic E-state index is 12.9. The first-order chi connectivity index (χ1) is 13.1. The van der Waals surface area contributed by atoms with E-state index in [1.165, 1.54) is 0 Å². The molecule has 1 N–H and O–H groups in total. The number of hydrogen-bond acceptors (Lipinski definition) is 6. The van der Waals surface area contributed by atoms with Crippen molar-refractivity contribution in [1.29, 1.82) is 0 Å². The molecule has 150 valence electrons. The number of ether oxygens (including phenoxy) is 1. The molecule has 2 saturated heterocycles. The minimum Gasteiger partial charge on any atom is -0.396 e. The molecule has 0 bridgehead atoms. The predicted molar refractivity (Wildman–Crippen MR) is 103 cm³/mol. The average Bonchev–Trinajstić information content (AvgIpc) is 2.69. The number of rotatable bonds is 7. The molecule has 27 heavy (non-hydrogen) atoms. The van der Waals surface area contributed by atoms with Crippen molar-refractivity contribution < 1.29 is 14.6 Å². The molecule has 1 aromatic rings. The minimum absolute atomic E-state index is 0.145. The highest BCUT2D eigenvalue weighted by Crippen LogP contribution is 2.23. The van der Waals surface area contributed by atoms with Gasteiger partial charge in [-0.3, -0.25) is 19.6 Å². The smallest absolute Gasteiger partial charge is 0.236 e. The molecule has 0 spiro atoms. The van der Waals surface area contributed by atoms with E-state index in [9.17, 15) is 9.90 Å². The van der Waals surface area contributed by atoms with Gasteiger partial charge in [-0.05, 0) is 36.9 Å². The van der Waals surface area contributed by atoms with Crippen molar-refractivity contribution in [3.8, 4) is 0 Å². The van der Waals surface area contributed by atoms with Crippen LogP contribution in [0.5, 0.6) is 0 Å². The van der Waals surface area contributed by atoms with Gasteiger partial charge in [0.15, 0.2) is 0 Å². The third-order valence-corrected chi connectivity index (χ3v) is 5.44. The van der Waals surface area contributed by atoms with Gasteiger partial charge in [0.1, 0.15) is 0 Å². The van der Waals surface area contributed by atoms with Crippen LogP contribution in [-0.2, 0) is 16.1 Å². The van der Waals surface area contributed by atoms with E-state index >= 15 is 0 Å². The molecule has 3 rings (SSSR count). The maximum atomic E-state index is 12.9. The first-order valence-corrected chi connectivity index (χ1v) is 9.90. The summed E-state index contributed by atoms with van der Waals surface area (Å²) in [6.07, 6.45) is 4.58. The molecule has 0 saturated carbocycles. The molecule has 1 amide bonds. The van der Waals surface area contributed by atoms with Crippen LogP contribution in [0.4, 0.5) is 0 Å². The molecule has 2 atom stereocenters. The zero-order valence-electron chi connectivity index (χ0n) is 16.3.